The van der Waals surface area contributed by atoms with Crippen LogP contribution < -0.4 is 10.2 Å². The molecule has 106 valence electrons. The maximum Gasteiger partial charge on any atom is 0.0450 e. The van der Waals surface area contributed by atoms with Gasteiger partial charge in [0.15, 0.2) is 0 Å². The molecular weight excluding hydrogens is 268 g/mol. The molecule has 0 unspecified atom stereocenters. The Labute approximate surface area is 126 Å². The van der Waals surface area contributed by atoms with E-state index in [2.05, 4.69) is 47.6 Å². The summed E-state index contributed by atoms with van der Waals surface area (Å²) in [6.45, 7) is 2.86. The highest BCUT2D eigenvalue weighted by molar-refractivity contribution is 6.31. The summed E-state index contributed by atoms with van der Waals surface area (Å²) in [5, 5.41) is 4.27. The van der Waals surface area contributed by atoms with Gasteiger partial charge in [0.25, 0.3) is 0 Å². The number of hydrogen-bond donors (Lipinski definition) is 1. The molecule has 0 aromatic heterocycles. The van der Waals surface area contributed by atoms with Crippen molar-refractivity contribution in [2.75, 3.05) is 25.0 Å². The largest absolute Gasteiger partial charge is 0.375 e. The van der Waals surface area contributed by atoms with Crippen molar-refractivity contribution in [3.05, 3.63) is 65.2 Å². The first-order chi connectivity index (χ1) is 9.77. The molecule has 3 heteroatoms. The Morgan fingerprint density at radius 1 is 1.00 bits per heavy atom. The van der Waals surface area contributed by atoms with Gasteiger partial charge >= 0.3 is 0 Å². The molecule has 0 spiro atoms. The van der Waals surface area contributed by atoms with Crippen molar-refractivity contribution in [2.45, 2.75) is 13.0 Å². The summed E-state index contributed by atoms with van der Waals surface area (Å²) < 4.78 is 0. The number of anilines is 1. The van der Waals surface area contributed by atoms with Crippen LogP contribution in [0, 0.1) is 0 Å². The molecule has 20 heavy (non-hydrogen) atoms. The Morgan fingerprint density at radius 3 is 2.45 bits per heavy atom. The Morgan fingerprint density at radius 2 is 1.70 bits per heavy atom. The molecule has 2 nitrogen and oxygen atoms in total. The van der Waals surface area contributed by atoms with Crippen molar-refractivity contribution in [3.63, 3.8) is 0 Å². The highest BCUT2D eigenvalue weighted by Crippen LogP contribution is 2.14. The standard InChI is InChI=1S/C17H21ClN2/c1-20(16-9-3-2-4-10-16)13-7-12-19-14-15-8-5-6-11-17(15)18/h2-6,8-11,19H,7,12-14H2,1H3. The Hall–Kier alpha value is -1.51. The molecule has 0 aliphatic rings. The summed E-state index contributed by atoms with van der Waals surface area (Å²) in [5.41, 5.74) is 2.42. The molecule has 2 aromatic carbocycles. The van der Waals surface area contributed by atoms with Gasteiger partial charge in [0.1, 0.15) is 0 Å². The maximum atomic E-state index is 6.12. The average Bonchev–Trinajstić information content (AvgIpc) is 2.49. The normalized spacial score (nSPS) is 10.5. The van der Waals surface area contributed by atoms with Gasteiger partial charge in [-0.3, -0.25) is 0 Å². The second-order valence-electron chi connectivity index (χ2n) is 4.88. The van der Waals surface area contributed by atoms with E-state index in [1.807, 2.05) is 24.3 Å². The number of nitrogens with one attached hydrogen (secondary N) is 1. The van der Waals surface area contributed by atoms with Crippen LogP contribution in [0.25, 0.3) is 0 Å². The van der Waals surface area contributed by atoms with Crippen molar-refractivity contribution >= 4 is 17.3 Å². The number of halogens is 1. The van der Waals surface area contributed by atoms with Gasteiger partial charge in [-0.15, -0.1) is 0 Å². The molecule has 0 radical (unpaired) electrons. The van der Waals surface area contributed by atoms with Crippen LogP contribution in [0.5, 0.6) is 0 Å². The fourth-order valence-corrected chi connectivity index (χ4v) is 2.32. The molecule has 0 heterocycles. The Balaban J connectivity index is 1.66. The number of hydrogen-bond acceptors (Lipinski definition) is 2. The summed E-state index contributed by atoms with van der Waals surface area (Å²) >= 11 is 6.12. The van der Waals surface area contributed by atoms with E-state index < -0.39 is 0 Å². The predicted octanol–water partition coefficient (Wildman–Crippen LogP) is 3.96. The van der Waals surface area contributed by atoms with E-state index in [9.17, 15) is 0 Å². The zero-order valence-electron chi connectivity index (χ0n) is 11.8. The fraction of sp³-hybridized carbons (Fsp3) is 0.294. The summed E-state index contributed by atoms with van der Waals surface area (Å²) in [6.07, 6.45) is 1.11. The van der Waals surface area contributed by atoms with Gasteiger partial charge in [-0.25, -0.2) is 0 Å². The molecule has 0 saturated heterocycles. The molecule has 2 rings (SSSR count). The van der Waals surface area contributed by atoms with Gasteiger partial charge in [0, 0.05) is 30.8 Å². The van der Waals surface area contributed by atoms with E-state index in [4.69, 9.17) is 11.6 Å². The third-order valence-corrected chi connectivity index (χ3v) is 3.69. The van der Waals surface area contributed by atoms with Crippen molar-refractivity contribution < 1.29 is 0 Å². The second-order valence-corrected chi connectivity index (χ2v) is 5.29. The van der Waals surface area contributed by atoms with Crippen LogP contribution >= 0.6 is 11.6 Å². The number of para-hydroxylation sites is 1. The number of rotatable bonds is 7. The van der Waals surface area contributed by atoms with Gasteiger partial charge in [-0.2, -0.15) is 0 Å². The Bertz CT molecular complexity index is 513. The van der Waals surface area contributed by atoms with E-state index >= 15 is 0 Å². The molecule has 0 aliphatic carbocycles. The van der Waals surface area contributed by atoms with Crippen molar-refractivity contribution in [3.8, 4) is 0 Å². The van der Waals surface area contributed by atoms with E-state index in [0.29, 0.717) is 0 Å². The van der Waals surface area contributed by atoms with Crippen LogP contribution in [-0.2, 0) is 6.54 Å². The van der Waals surface area contributed by atoms with Gasteiger partial charge in [-0.05, 0) is 36.7 Å². The first kappa shape index (κ1) is 14.9. The topological polar surface area (TPSA) is 15.3 Å². The number of nitrogens with zero attached hydrogens (tertiary/aromatic N) is 1. The molecule has 0 atom stereocenters. The minimum absolute atomic E-state index is 0.828. The summed E-state index contributed by atoms with van der Waals surface area (Å²) in [4.78, 5) is 2.27. The smallest absolute Gasteiger partial charge is 0.0450 e. The van der Waals surface area contributed by atoms with Crippen LogP contribution in [0.3, 0.4) is 0 Å². The predicted molar refractivity (Wildman–Crippen MR) is 87.5 cm³/mol. The third-order valence-electron chi connectivity index (χ3n) is 3.32. The second kappa shape index (κ2) is 7.93. The molecule has 0 amide bonds. The fourth-order valence-electron chi connectivity index (χ4n) is 2.12. The molecule has 0 bridgehead atoms. The first-order valence-electron chi connectivity index (χ1n) is 6.97. The van der Waals surface area contributed by atoms with Crippen LogP contribution in [0.2, 0.25) is 5.02 Å². The minimum Gasteiger partial charge on any atom is -0.375 e. The van der Waals surface area contributed by atoms with Gasteiger partial charge < -0.3 is 10.2 Å². The van der Waals surface area contributed by atoms with Crippen molar-refractivity contribution in [1.29, 1.82) is 0 Å². The van der Waals surface area contributed by atoms with Gasteiger partial charge in [-0.1, -0.05) is 48.0 Å². The van der Waals surface area contributed by atoms with E-state index in [1.54, 1.807) is 0 Å². The molecule has 0 fully saturated rings. The van der Waals surface area contributed by atoms with Crippen molar-refractivity contribution in [1.82, 2.24) is 5.32 Å². The summed E-state index contributed by atoms with van der Waals surface area (Å²) in [7, 11) is 2.13. The summed E-state index contributed by atoms with van der Waals surface area (Å²) in [5.74, 6) is 0. The SMILES string of the molecule is CN(CCCNCc1ccccc1Cl)c1ccccc1. The highest BCUT2D eigenvalue weighted by atomic mass is 35.5. The van der Waals surface area contributed by atoms with Gasteiger partial charge in [0.2, 0.25) is 0 Å². The molecule has 0 saturated carbocycles. The quantitative estimate of drug-likeness (QED) is 0.776. The van der Waals surface area contributed by atoms with E-state index in [1.165, 1.54) is 5.69 Å². The minimum atomic E-state index is 0.828. The van der Waals surface area contributed by atoms with Crippen LogP contribution in [0.1, 0.15) is 12.0 Å². The molecule has 1 N–H and O–H groups in total. The maximum absolute atomic E-state index is 6.12. The van der Waals surface area contributed by atoms with E-state index in [0.717, 1.165) is 36.6 Å². The van der Waals surface area contributed by atoms with E-state index in [-0.39, 0.29) is 0 Å². The van der Waals surface area contributed by atoms with Crippen LogP contribution in [0.4, 0.5) is 5.69 Å². The zero-order valence-corrected chi connectivity index (χ0v) is 12.6. The molecular formula is C17H21ClN2. The third kappa shape index (κ3) is 4.55. The average molecular weight is 289 g/mol. The lowest BCUT2D eigenvalue weighted by Crippen LogP contribution is -2.23. The highest BCUT2D eigenvalue weighted by Gasteiger charge is 2.00. The molecule has 2 aromatic rings. The lowest BCUT2D eigenvalue weighted by Gasteiger charge is -2.19. The zero-order chi connectivity index (χ0) is 14.2. The number of benzene rings is 2. The van der Waals surface area contributed by atoms with Crippen LogP contribution in [0.15, 0.2) is 54.6 Å². The Kier molecular flexibility index (Phi) is 5.90. The molecule has 0 aliphatic heterocycles. The van der Waals surface area contributed by atoms with Gasteiger partial charge in [0.05, 0.1) is 0 Å². The lowest BCUT2D eigenvalue weighted by atomic mass is 10.2. The van der Waals surface area contributed by atoms with Crippen LogP contribution in [-0.4, -0.2) is 20.1 Å². The lowest BCUT2D eigenvalue weighted by molar-refractivity contribution is 0.646. The van der Waals surface area contributed by atoms with Crippen molar-refractivity contribution in [2.24, 2.45) is 0 Å². The monoisotopic (exact) mass is 288 g/mol. The summed E-state index contributed by atoms with van der Waals surface area (Å²) in [6, 6.07) is 18.4. The first-order valence-corrected chi connectivity index (χ1v) is 7.35.